The van der Waals surface area contributed by atoms with E-state index in [9.17, 15) is 14.0 Å². The molecule has 1 N–H and O–H groups in total. The van der Waals surface area contributed by atoms with Gasteiger partial charge >= 0.3 is 0 Å². The number of carbonyl (C=O) groups excluding carboxylic acids is 2. The van der Waals surface area contributed by atoms with E-state index < -0.39 is 0 Å². The number of hydrogen-bond acceptors (Lipinski definition) is 5. The minimum Gasteiger partial charge on any atom is -0.305 e. The summed E-state index contributed by atoms with van der Waals surface area (Å²) in [7, 11) is 1.52. The van der Waals surface area contributed by atoms with Gasteiger partial charge in [-0.15, -0.1) is 0 Å². The van der Waals surface area contributed by atoms with Crippen LogP contribution in [0.5, 0.6) is 0 Å². The predicted molar refractivity (Wildman–Crippen MR) is 89.3 cm³/mol. The maximum atomic E-state index is 13.1. The normalized spacial score (nSPS) is 14.2. The van der Waals surface area contributed by atoms with Crippen LogP contribution in [-0.2, 0) is 16.0 Å². The highest BCUT2D eigenvalue weighted by Crippen LogP contribution is 2.13. The Hall–Kier alpha value is -3.16. The monoisotopic (exact) mass is 341 g/mol. The van der Waals surface area contributed by atoms with Crippen molar-refractivity contribution < 1.29 is 14.0 Å². The average Bonchev–Trinajstić information content (AvgIpc) is 2.59. The van der Waals surface area contributed by atoms with Crippen molar-refractivity contribution >= 4 is 23.3 Å². The molecule has 2 amide bonds. The molecule has 0 bridgehead atoms. The molecule has 3 heterocycles. The van der Waals surface area contributed by atoms with Crippen LogP contribution in [0, 0.1) is 5.82 Å². The number of hydrazone groups is 1. The largest absolute Gasteiger partial charge is 0.305 e. The molecule has 1 aliphatic rings. The van der Waals surface area contributed by atoms with Crippen molar-refractivity contribution in [3.8, 4) is 0 Å². The molecule has 0 aromatic carbocycles. The molecular weight excluding hydrogens is 325 g/mol. The molecule has 7 nitrogen and oxygen atoms in total. The van der Waals surface area contributed by atoms with Crippen LogP contribution in [0.15, 0.2) is 41.9 Å². The molecule has 0 unspecified atom stereocenters. The van der Waals surface area contributed by atoms with Gasteiger partial charge in [0.25, 0.3) is 5.91 Å². The van der Waals surface area contributed by atoms with E-state index >= 15 is 0 Å². The molecular formula is C17H16FN5O2. The maximum Gasteiger partial charge on any atom is 0.273 e. The second-order valence-corrected chi connectivity index (χ2v) is 5.66. The number of nitrogens with zero attached hydrogens (tertiary/aromatic N) is 4. The predicted octanol–water partition coefficient (Wildman–Crippen LogP) is 1.75. The van der Waals surface area contributed by atoms with Gasteiger partial charge in [-0.1, -0.05) is 6.07 Å². The van der Waals surface area contributed by atoms with Gasteiger partial charge in [0.15, 0.2) is 0 Å². The van der Waals surface area contributed by atoms with E-state index in [2.05, 4.69) is 20.4 Å². The van der Waals surface area contributed by atoms with Crippen LogP contribution in [0.4, 0.5) is 10.2 Å². The van der Waals surface area contributed by atoms with Crippen molar-refractivity contribution in [2.75, 3.05) is 12.4 Å². The standard InChI is InChI=1S/C17H16FN5O2/c1-23-16(24)5-3-14(22-23)17(25)21-15-4-2-11(9-20-15)6-12-7-13(18)10-19-8-12/h2,4,7-10H,3,5-6H2,1H3,(H,20,21,25). The van der Waals surface area contributed by atoms with Crippen molar-refractivity contribution in [3.63, 3.8) is 0 Å². The highest BCUT2D eigenvalue weighted by Gasteiger charge is 2.22. The Labute approximate surface area is 143 Å². The Bertz CT molecular complexity index is 835. The van der Waals surface area contributed by atoms with Gasteiger partial charge in [0.05, 0.1) is 6.20 Å². The summed E-state index contributed by atoms with van der Waals surface area (Å²) in [6, 6.07) is 4.88. The van der Waals surface area contributed by atoms with E-state index in [1.165, 1.54) is 18.1 Å². The maximum absolute atomic E-state index is 13.1. The van der Waals surface area contributed by atoms with Crippen LogP contribution in [0.3, 0.4) is 0 Å². The number of anilines is 1. The van der Waals surface area contributed by atoms with E-state index in [-0.39, 0.29) is 24.1 Å². The van der Waals surface area contributed by atoms with E-state index in [0.717, 1.165) is 17.3 Å². The quantitative estimate of drug-likeness (QED) is 0.918. The number of nitrogens with one attached hydrogen (secondary N) is 1. The molecule has 0 atom stereocenters. The number of rotatable bonds is 4. The number of amides is 2. The van der Waals surface area contributed by atoms with Crippen LogP contribution < -0.4 is 5.32 Å². The third-order valence-electron chi connectivity index (χ3n) is 3.71. The van der Waals surface area contributed by atoms with Crippen LogP contribution in [-0.4, -0.2) is 39.6 Å². The summed E-state index contributed by atoms with van der Waals surface area (Å²) >= 11 is 0. The second-order valence-electron chi connectivity index (χ2n) is 5.66. The fraction of sp³-hybridized carbons (Fsp3) is 0.235. The Balaban J connectivity index is 1.63. The molecule has 0 fully saturated rings. The molecule has 25 heavy (non-hydrogen) atoms. The van der Waals surface area contributed by atoms with Gasteiger partial charge in [-0.05, 0) is 23.3 Å². The van der Waals surface area contributed by atoms with Gasteiger partial charge in [-0.2, -0.15) is 5.10 Å². The van der Waals surface area contributed by atoms with Crippen LogP contribution in [0.1, 0.15) is 24.0 Å². The van der Waals surface area contributed by atoms with Gasteiger partial charge in [-0.25, -0.2) is 14.4 Å². The SMILES string of the molecule is CN1N=C(C(=O)Nc2ccc(Cc3cncc(F)c3)cn2)CCC1=O. The molecule has 2 aromatic heterocycles. The highest BCUT2D eigenvalue weighted by molar-refractivity contribution is 6.43. The van der Waals surface area contributed by atoms with Crippen LogP contribution in [0.2, 0.25) is 0 Å². The summed E-state index contributed by atoms with van der Waals surface area (Å²) in [4.78, 5) is 31.5. The summed E-state index contributed by atoms with van der Waals surface area (Å²) in [6.45, 7) is 0. The zero-order valence-corrected chi connectivity index (χ0v) is 13.6. The second kappa shape index (κ2) is 7.16. The average molecular weight is 341 g/mol. The topological polar surface area (TPSA) is 87.6 Å². The molecule has 0 radical (unpaired) electrons. The van der Waals surface area contributed by atoms with Gasteiger partial charge < -0.3 is 5.32 Å². The molecule has 3 rings (SSSR count). The first kappa shape index (κ1) is 16.7. The smallest absolute Gasteiger partial charge is 0.273 e. The Morgan fingerprint density at radius 2 is 2.08 bits per heavy atom. The number of carbonyl (C=O) groups is 2. The zero-order valence-electron chi connectivity index (χ0n) is 13.6. The molecule has 2 aromatic rings. The van der Waals surface area contributed by atoms with Crippen molar-refractivity contribution in [1.82, 2.24) is 15.0 Å². The fourth-order valence-electron chi connectivity index (χ4n) is 2.41. The molecule has 0 saturated heterocycles. The Kier molecular flexibility index (Phi) is 4.78. The first-order valence-corrected chi connectivity index (χ1v) is 7.71. The van der Waals surface area contributed by atoms with Gasteiger partial charge in [0.2, 0.25) is 5.91 Å². The summed E-state index contributed by atoms with van der Waals surface area (Å²) in [6.07, 6.45) is 5.41. The molecule has 128 valence electrons. The number of pyridine rings is 2. The molecule has 8 heteroatoms. The third-order valence-corrected chi connectivity index (χ3v) is 3.71. The summed E-state index contributed by atoms with van der Waals surface area (Å²) in [5.74, 6) is -0.501. The lowest BCUT2D eigenvalue weighted by Crippen LogP contribution is -2.34. The van der Waals surface area contributed by atoms with E-state index in [1.54, 1.807) is 24.5 Å². The van der Waals surface area contributed by atoms with Gasteiger partial charge in [-0.3, -0.25) is 14.6 Å². The lowest BCUT2D eigenvalue weighted by Gasteiger charge is -2.18. The number of hydrogen-bond donors (Lipinski definition) is 1. The van der Waals surface area contributed by atoms with Gasteiger partial charge in [0.1, 0.15) is 17.3 Å². The molecule has 0 spiro atoms. The van der Waals surface area contributed by atoms with Crippen LogP contribution in [0.25, 0.3) is 0 Å². The Morgan fingerprint density at radius 3 is 2.76 bits per heavy atom. The highest BCUT2D eigenvalue weighted by atomic mass is 19.1. The third kappa shape index (κ3) is 4.23. The minimum absolute atomic E-state index is 0.120. The number of aromatic nitrogens is 2. The van der Waals surface area contributed by atoms with E-state index in [1.807, 2.05) is 0 Å². The Morgan fingerprint density at radius 1 is 1.24 bits per heavy atom. The first-order valence-electron chi connectivity index (χ1n) is 7.71. The number of halogens is 1. The molecule has 1 aliphatic heterocycles. The zero-order chi connectivity index (χ0) is 17.8. The lowest BCUT2D eigenvalue weighted by atomic mass is 10.1. The van der Waals surface area contributed by atoms with Crippen molar-refractivity contribution in [2.24, 2.45) is 5.10 Å². The molecule has 0 saturated carbocycles. The summed E-state index contributed by atoms with van der Waals surface area (Å²) < 4.78 is 13.1. The molecule has 0 aliphatic carbocycles. The lowest BCUT2D eigenvalue weighted by molar-refractivity contribution is -0.130. The van der Waals surface area contributed by atoms with Crippen molar-refractivity contribution in [3.05, 3.63) is 53.7 Å². The van der Waals surface area contributed by atoms with Crippen molar-refractivity contribution in [2.45, 2.75) is 19.3 Å². The minimum atomic E-state index is -0.383. The van der Waals surface area contributed by atoms with E-state index in [0.29, 0.717) is 24.4 Å². The summed E-state index contributed by atoms with van der Waals surface area (Å²) in [5, 5.41) is 7.78. The summed E-state index contributed by atoms with van der Waals surface area (Å²) in [5.41, 5.74) is 1.90. The van der Waals surface area contributed by atoms with Crippen molar-refractivity contribution in [1.29, 1.82) is 0 Å². The fourth-order valence-corrected chi connectivity index (χ4v) is 2.41. The van der Waals surface area contributed by atoms with Crippen LogP contribution >= 0.6 is 0 Å². The van der Waals surface area contributed by atoms with Gasteiger partial charge in [0, 0.05) is 38.7 Å². The first-order chi connectivity index (χ1) is 12.0. The van der Waals surface area contributed by atoms with E-state index in [4.69, 9.17) is 0 Å².